The Morgan fingerprint density at radius 3 is 2.93 bits per heavy atom. The van der Waals surface area contributed by atoms with Crippen molar-refractivity contribution in [2.45, 2.75) is 12.8 Å². The quantitative estimate of drug-likeness (QED) is 0.793. The molecular weight excluding hydrogens is 235 g/mol. The highest BCUT2D eigenvalue weighted by molar-refractivity contribution is 7.98. The maximum Gasteiger partial charge on any atom is 0.142 e. The van der Waals surface area contributed by atoms with Crippen LogP contribution in [-0.2, 0) is 11.2 Å². The third-order valence-corrected chi connectivity index (χ3v) is 3.04. The van der Waals surface area contributed by atoms with Crippen LogP contribution in [0, 0.1) is 5.82 Å². The fourth-order valence-corrected chi connectivity index (χ4v) is 1.83. The Hall–Kier alpha value is -0.540. The molecule has 0 unspecified atom stereocenters. The largest absolute Gasteiger partial charge is 0.299 e. The van der Waals surface area contributed by atoms with Gasteiger partial charge in [0.2, 0.25) is 0 Å². The van der Waals surface area contributed by atoms with E-state index in [9.17, 15) is 9.18 Å². The van der Waals surface area contributed by atoms with E-state index in [0.29, 0.717) is 12.0 Å². The third-order valence-electron chi connectivity index (χ3n) is 2.00. The van der Waals surface area contributed by atoms with E-state index in [-0.39, 0.29) is 17.2 Å². The van der Waals surface area contributed by atoms with Crippen molar-refractivity contribution < 1.29 is 9.18 Å². The van der Waals surface area contributed by atoms with E-state index in [1.165, 1.54) is 6.07 Å². The van der Waals surface area contributed by atoms with Crippen molar-refractivity contribution in [3.8, 4) is 0 Å². The van der Waals surface area contributed by atoms with E-state index in [1.54, 1.807) is 23.9 Å². The number of thioether (sulfide) groups is 1. The Bertz CT molecular complexity index is 354. The van der Waals surface area contributed by atoms with Crippen LogP contribution in [0.2, 0.25) is 5.02 Å². The summed E-state index contributed by atoms with van der Waals surface area (Å²) in [5.41, 5.74) is 0.572. The normalized spacial score (nSPS) is 10.3. The van der Waals surface area contributed by atoms with Crippen LogP contribution in [0.3, 0.4) is 0 Å². The SMILES string of the molecule is CSCCC(=O)Cc1cccc(F)c1Cl. The van der Waals surface area contributed by atoms with Gasteiger partial charge in [-0.1, -0.05) is 23.7 Å². The number of carbonyl (C=O) groups excluding carboxylic acids is 1. The molecule has 0 aliphatic heterocycles. The maximum absolute atomic E-state index is 13.0. The minimum atomic E-state index is -0.466. The summed E-state index contributed by atoms with van der Waals surface area (Å²) in [5.74, 6) is 0.426. The average Bonchev–Trinajstić information content (AvgIpc) is 2.22. The molecule has 0 spiro atoms. The Morgan fingerprint density at radius 2 is 2.27 bits per heavy atom. The molecule has 0 radical (unpaired) electrons. The van der Waals surface area contributed by atoms with E-state index in [4.69, 9.17) is 11.6 Å². The molecule has 0 aliphatic rings. The van der Waals surface area contributed by atoms with Gasteiger partial charge in [0.1, 0.15) is 11.6 Å². The Balaban J connectivity index is 2.64. The predicted molar refractivity (Wildman–Crippen MR) is 63.1 cm³/mol. The number of benzene rings is 1. The van der Waals surface area contributed by atoms with E-state index < -0.39 is 5.82 Å². The van der Waals surface area contributed by atoms with Gasteiger partial charge in [0.05, 0.1) is 5.02 Å². The molecule has 0 amide bonds. The van der Waals surface area contributed by atoms with Gasteiger partial charge in [-0.2, -0.15) is 11.8 Å². The lowest BCUT2D eigenvalue weighted by Gasteiger charge is -2.03. The molecule has 0 atom stereocenters. The topological polar surface area (TPSA) is 17.1 Å². The first-order valence-electron chi connectivity index (χ1n) is 4.58. The lowest BCUT2D eigenvalue weighted by Crippen LogP contribution is -2.04. The van der Waals surface area contributed by atoms with Crippen LogP contribution >= 0.6 is 23.4 Å². The summed E-state index contributed by atoms with van der Waals surface area (Å²) >= 11 is 7.36. The number of ketones is 1. The molecular formula is C11H12ClFOS. The molecule has 0 aromatic heterocycles. The molecule has 1 aromatic carbocycles. The summed E-state index contributed by atoms with van der Waals surface area (Å²) in [5, 5.41) is 0.0648. The second kappa shape index (κ2) is 6.13. The fourth-order valence-electron chi connectivity index (χ4n) is 1.20. The predicted octanol–water partition coefficient (Wildman–Crippen LogP) is 3.34. The zero-order valence-corrected chi connectivity index (χ0v) is 10.00. The van der Waals surface area contributed by atoms with Gasteiger partial charge in [0.15, 0.2) is 0 Å². The summed E-state index contributed by atoms with van der Waals surface area (Å²) < 4.78 is 13.0. The summed E-state index contributed by atoms with van der Waals surface area (Å²) in [6.07, 6.45) is 2.67. The molecule has 1 aromatic rings. The van der Waals surface area contributed by atoms with E-state index in [1.807, 2.05) is 6.26 Å². The lowest BCUT2D eigenvalue weighted by atomic mass is 10.1. The second-order valence-electron chi connectivity index (χ2n) is 3.17. The van der Waals surface area contributed by atoms with Crippen molar-refractivity contribution in [3.63, 3.8) is 0 Å². The second-order valence-corrected chi connectivity index (χ2v) is 4.53. The average molecular weight is 247 g/mol. The van der Waals surface area contributed by atoms with Crippen LogP contribution in [-0.4, -0.2) is 17.8 Å². The maximum atomic E-state index is 13.0. The Morgan fingerprint density at radius 1 is 1.53 bits per heavy atom. The first-order chi connectivity index (χ1) is 7.15. The number of hydrogen-bond donors (Lipinski definition) is 0. The van der Waals surface area contributed by atoms with Crippen molar-refractivity contribution in [1.29, 1.82) is 0 Å². The molecule has 15 heavy (non-hydrogen) atoms. The smallest absolute Gasteiger partial charge is 0.142 e. The highest BCUT2D eigenvalue weighted by Crippen LogP contribution is 2.20. The number of hydrogen-bond acceptors (Lipinski definition) is 2. The molecule has 82 valence electrons. The molecule has 0 aliphatic carbocycles. The van der Waals surface area contributed by atoms with Gasteiger partial charge < -0.3 is 0 Å². The highest BCUT2D eigenvalue weighted by atomic mass is 35.5. The van der Waals surface area contributed by atoms with E-state index >= 15 is 0 Å². The van der Waals surface area contributed by atoms with Crippen molar-refractivity contribution >= 4 is 29.1 Å². The minimum absolute atomic E-state index is 0.0648. The summed E-state index contributed by atoms with van der Waals surface area (Å²) in [7, 11) is 0. The third kappa shape index (κ3) is 3.84. The lowest BCUT2D eigenvalue weighted by molar-refractivity contribution is -0.118. The van der Waals surface area contributed by atoms with Gasteiger partial charge in [-0.3, -0.25) is 4.79 Å². The zero-order chi connectivity index (χ0) is 11.3. The van der Waals surface area contributed by atoms with Crippen molar-refractivity contribution in [1.82, 2.24) is 0 Å². The summed E-state index contributed by atoms with van der Waals surface area (Å²) in [6, 6.07) is 4.54. The van der Waals surface area contributed by atoms with Crippen molar-refractivity contribution in [2.24, 2.45) is 0 Å². The molecule has 4 heteroatoms. The van der Waals surface area contributed by atoms with Crippen molar-refractivity contribution in [3.05, 3.63) is 34.6 Å². The number of halogens is 2. The molecule has 1 nitrogen and oxygen atoms in total. The standard InChI is InChI=1S/C11H12ClFOS/c1-15-6-5-9(14)7-8-3-2-4-10(13)11(8)12/h2-4H,5-7H2,1H3. The number of carbonyl (C=O) groups is 1. The molecule has 1 rings (SSSR count). The number of Topliss-reactive ketones (excluding diaryl/α,β-unsaturated/α-hetero) is 1. The molecule has 0 fully saturated rings. The van der Waals surface area contributed by atoms with Crippen LogP contribution in [0.5, 0.6) is 0 Å². The van der Waals surface area contributed by atoms with Crippen LogP contribution in [0.15, 0.2) is 18.2 Å². The van der Waals surface area contributed by atoms with Gasteiger partial charge in [-0.15, -0.1) is 0 Å². The summed E-state index contributed by atoms with van der Waals surface area (Å²) in [4.78, 5) is 11.4. The van der Waals surface area contributed by atoms with Crippen molar-refractivity contribution in [2.75, 3.05) is 12.0 Å². The van der Waals surface area contributed by atoms with Gasteiger partial charge in [0, 0.05) is 12.8 Å². The van der Waals surface area contributed by atoms with Crippen LogP contribution < -0.4 is 0 Å². The zero-order valence-electron chi connectivity index (χ0n) is 8.43. The monoisotopic (exact) mass is 246 g/mol. The van der Waals surface area contributed by atoms with Crippen LogP contribution in [0.4, 0.5) is 4.39 Å². The van der Waals surface area contributed by atoms with Gasteiger partial charge in [0.25, 0.3) is 0 Å². The molecule has 0 saturated carbocycles. The first kappa shape index (κ1) is 12.5. The molecule has 0 N–H and O–H groups in total. The van der Waals surface area contributed by atoms with Crippen LogP contribution in [0.1, 0.15) is 12.0 Å². The van der Waals surface area contributed by atoms with E-state index in [2.05, 4.69) is 0 Å². The first-order valence-corrected chi connectivity index (χ1v) is 6.36. The van der Waals surface area contributed by atoms with Gasteiger partial charge in [-0.05, 0) is 23.6 Å². The number of rotatable bonds is 5. The van der Waals surface area contributed by atoms with E-state index in [0.717, 1.165) is 5.75 Å². The Kier molecular flexibility index (Phi) is 5.12. The minimum Gasteiger partial charge on any atom is -0.299 e. The molecule has 0 saturated heterocycles. The fraction of sp³-hybridized carbons (Fsp3) is 0.364. The van der Waals surface area contributed by atoms with Crippen LogP contribution in [0.25, 0.3) is 0 Å². The molecule has 0 bridgehead atoms. The Labute approximate surface area is 98.0 Å². The van der Waals surface area contributed by atoms with Gasteiger partial charge >= 0.3 is 0 Å². The summed E-state index contributed by atoms with van der Waals surface area (Å²) in [6.45, 7) is 0. The van der Waals surface area contributed by atoms with Gasteiger partial charge in [-0.25, -0.2) is 4.39 Å². The highest BCUT2D eigenvalue weighted by Gasteiger charge is 2.09. The molecule has 0 heterocycles.